The maximum atomic E-state index is 12.5. The first-order valence-corrected chi connectivity index (χ1v) is 9.41. The molecule has 3 atom stereocenters. The van der Waals surface area contributed by atoms with Crippen LogP contribution in [-0.4, -0.2) is 11.9 Å². The number of carbonyl (C=O) groups is 1. The molecule has 1 N–H and O–H groups in total. The van der Waals surface area contributed by atoms with Crippen molar-refractivity contribution >= 4 is 49.1 Å². The Morgan fingerprint density at radius 1 is 1.40 bits per heavy atom. The summed E-state index contributed by atoms with van der Waals surface area (Å²) < 4.78 is 1.93. The van der Waals surface area contributed by atoms with Gasteiger partial charge in [0.15, 0.2) is 0 Å². The van der Waals surface area contributed by atoms with E-state index in [1.807, 2.05) is 6.07 Å². The fourth-order valence-electron chi connectivity index (χ4n) is 4.11. The van der Waals surface area contributed by atoms with E-state index in [2.05, 4.69) is 57.9 Å². The number of carbonyl (C=O) groups excluding carboxylic acids is 1. The molecule has 1 amide bonds. The minimum Gasteiger partial charge on any atom is -0.348 e. The first-order valence-electron chi connectivity index (χ1n) is 7.01. The Morgan fingerprint density at radius 3 is 2.55 bits per heavy atom. The maximum absolute atomic E-state index is 12.5. The van der Waals surface area contributed by atoms with Crippen LogP contribution in [0.2, 0.25) is 0 Å². The molecule has 1 heterocycles. The van der Waals surface area contributed by atoms with E-state index in [1.54, 1.807) is 0 Å². The van der Waals surface area contributed by atoms with Crippen molar-refractivity contribution in [2.24, 2.45) is 16.7 Å². The molecule has 5 heteroatoms. The van der Waals surface area contributed by atoms with Crippen LogP contribution in [0, 0.1) is 16.7 Å². The summed E-state index contributed by atoms with van der Waals surface area (Å²) in [5.74, 6) is 0.815. The second-order valence-corrected chi connectivity index (χ2v) is 10.1. The highest BCUT2D eigenvalue weighted by Crippen LogP contribution is 2.65. The molecule has 20 heavy (non-hydrogen) atoms. The smallest absolute Gasteiger partial charge is 0.261 e. The van der Waals surface area contributed by atoms with Gasteiger partial charge >= 0.3 is 0 Å². The van der Waals surface area contributed by atoms with Gasteiger partial charge in [-0.25, -0.2) is 0 Å². The molecular weight excluding hydrogens is 402 g/mol. The van der Waals surface area contributed by atoms with Crippen molar-refractivity contribution in [3.05, 3.63) is 19.2 Å². The lowest BCUT2D eigenvalue weighted by Crippen LogP contribution is -2.46. The van der Waals surface area contributed by atoms with Gasteiger partial charge in [-0.15, -0.1) is 11.3 Å². The van der Waals surface area contributed by atoms with E-state index < -0.39 is 0 Å². The van der Waals surface area contributed by atoms with Gasteiger partial charge < -0.3 is 5.32 Å². The standard InChI is InChI=1S/C15H19Br2NOS/c1-14(2)8-4-5-15(14,3)11(6-8)18-13(19)10-7-9(16)12(17)20-10/h7-8,11H,4-6H2,1-3H3,(H,18,19). The fraction of sp³-hybridized carbons (Fsp3) is 0.667. The van der Waals surface area contributed by atoms with Gasteiger partial charge in [-0.1, -0.05) is 20.8 Å². The number of nitrogens with one attached hydrogen (secondary N) is 1. The van der Waals surface area contributed by atoms with Crippen LogP contribution in [0.4, 0.5) is 0 Å². The minimum atomic E-state index is 0.0657. The Kier molecular flexibility index (Phi) is 3.62. The SMILES string of the molecule is CC1(C)C2CCC1(C)C(NC(=O)c1cc(Br)c(Br)s1)C2. The summed E-state index contributed by atoms with van der Waals surface area (Å²) in [4.78, 5) is 13.2. The molecular formula is C15H19Br2NOS. The third-order valence-corrected chi connectivity index (χ3v) is 9.22. The van der Waals surface area contributed by atoms with E-state index in [9.17, 15) is 4.79 Å². The molecule has 2 fully saturated rings. The van der Waals surface area contributed by atoms with E-state index in [4.69, 9.17) is 0 Å². The van der Waals surface area contributed by atoms with Crippen molar-refractivity contribution in [2.75, 3.05) is 0 Å². The van der Waals surface area contributed by atoms with E-state index in [-0.39, 0.29) is 11.3 Å². The van der Waals surface area contributed by atoms with Gasteiger partial charge in [0.2, 0.25) is 0 Å². The van der Waals surface area contributed by atoms with E-state index in [1.165, 1.54) is 24.2 Å². The molecule has 110 valence electrons. The van der Waals surface area contributed by atoms with Crippen LogP contribution in [0.15, 0.2) is 14.3 Å². The van der Waals surface area contributed by atoms with Crippen LogP contribution in [0.3, 0.4) is 0 Å². The van der Waals surface area contributed by atoms with Gasteiger partial charge in [0.25, 0.3) is 5.91 Å². The Hall–Kier alpha value is 0.130. The summed E-state index contributed by atoms with van der Waals surface area (Å²) in [6.45, 7) is 7.09. The van der Waals surface area contributed by atoms with Gasteiger partial charge in [0.1, 0.15) is 0 Å². The number of amides is 1. The van der Waals surface area contributed by atoms with Crippen molar-refractivity contribution in [3.63, 3.8) is 0 Å². The average Bonchev–Trinajstić information content (AvgIpc) is 2.87. The normalized spacial score (nSPS) is 34.5. The Morgan fingerprint density at radius 2 is 2.10 bits per heavy atom. The van der Waals surface area contributed by atoms with Crippen LogP contribution in [0.25, 0.3) is 0 Å². The van der Waals surface area contributed by atoms with Gasteiger partial charge in [-0.3, -0.25) is 4.79 Å². The van der Waals surface area contributed by atoms with Crippen molar-refractivity contribution in [1.29, 1.82) is 0 Å². The second-order valence-electron chi connectivity index (χ2n) is 6.87. The minimum absolute atomic E-state index is 0.0657. The zero-order valence-corrected chi connectivity index (χ0v) is 15.9. The van der Waals surface area contributed by atoms with Crippen LogP contribution in [-0.2, 0) is 0 Å². The molecule has 2 saturated carbocycles. The largest absolute Gasteiger partial charge is 0.348 e. The molecule has 0 saturated heterocycles. The van der Waals surface area contributed by atoms with Crippen LogP contribution in [0.1, 0.15) is 49.7 Å². The Balaban J connectivity index is 1.78. The highest BCUT2D eigenvalue weighted by Gasteiger charge is 2.61. The van der Waals surface area contributed by atoms with Crippen LogP contribution >= 0.6 is 43.2 Å². The molecule has 0 radical (unpaired) electrons. The predicted molar refractivity (Wildman–Crippen MR) is 90.2 cm³/mol. The summed E-state index contributed by atoms with van der Waals surface area (Å²) in [7, 11) is 0. The summed E-state index contributed by atoms with van der Waals surface area (Å²) in [6, 6.07) is 2.20. The van der Waals surface area contributed by atoms with E-state index in [0.717, 1.165) is 25.5 Å². The third-order valence-electron chi connectivity index (χ3n) is 5.97. The monoisotopic (exact) mass is 419 g/mol. The van der Waals surface area contributed by atoms with Gasteiger partial charge in [0.05, 0.1) is 8.66 Å². The number of hydrogen-bond acceptors (Lipinski definition) is 2. The molecule has 2 aliphatic carbocycles. The maximum Gasteiger partial charge on any atom is 0.261 e. The quantitative estimate of drug-likeness (QED) is 0.698. The van der Waals surface area contributed by atoms with Crippen molar-refractivity contribution in [1.82, 2.24) is 5.32 Å². The lowest BCUT2D eigenvalue weighted by Gasteiger charge is -2.39. The molecule has 1 aromatic rings. The summed E-state index contributed by atoms with van der Waals surface area (Å²) in [6.07, 6.45) is 3.67. The molecule has 3 rings (SSSR count). The lowest BCUT2D eigenvalue weighted by molar-refractivity contribution is 0.0830. The molecule has 0 aromatic carbocycles. The highest BCUT2D eigenvalue weighted by atomic mass is 79.9. The van der Waals surface area contributed by atoms with Gasteiger partial charge in [-0.05, 0) is 73.9 Å². The number of fused-ring (bicyclic) bond motifs is 2. The molecule has 2 bridgehead atoms. The van der Waals surface area contributed by atoms with Crippen molar-refractivity contribution < 1.29 is 4.79 Å². The first-order chi connectivity index (χ1) is 9.25. The van der Waals surface area contributed by atoms with Gasteiger partial charge in [-0.2, -0.15) is 0 Å². The van der Waals surface area contributed by atoms with E-state index >= 15 is 0 Å². The molecule has 1 aromatic heterocycles. The molecule has 2 aliphatic rings. The van der Waals surface area contributed by atoms with Crippen molar-refractivity contribution in [2.45, 2.75) is 46.1 Å². The Bertz CT molecular complexity index is 549. The number of halogens is 2. The number of rotatable bonds is 2. The van der Waals surface area contributed by atoms with E-state index in [0.29, 0.717) is 11.5 Å². The zero-order chi connectivity index (χ0) is 14.7. The summed E-state index contributed by atoms with van der Waals surface area (Å²) in [5, 5.41) is 3.29. The number of thiophene rings is 1. The molecule has 0 spiro atoms. The van der Waals surface area contributed by atoms with Crippen LogP contribution < -0.4 is 5.32 Å². The lowest BCUT2D eigenvalue weighted by atomic mass is 9.69. The fourth-order valence-corrected chi connectivity index (χ4v) is 6.05. The topological polar surface area (TPSA) is 29.1 Å². The molecule has 3 unspecified atom stereocenters. The zero-order valence-electron chi connectivity index (χ0n) is 11.9. The highest BCUT2D eigenvalue weighted by molar-refractivity contribution is 9.13. The van der Waals surface area contributed by atoms with Crippen LogP contribution in [0.5, 0.6) is 0 Å². The Labute approximate surface area is 141 Å². The van der Waals surface area contributed by atoms with Gasteiger partial charge in [0, 0.05) is 10.5 Å². The molecule has 2 nitrogen and oxygen atoms in total. The summed E-state index contributed by atoms with van der Waals surface area (Å²) in [5.41, 5.74) is 0.570. The van der Waals surface area contributed by atoms with Crippen molar-refractivity contribution in [3.8, 4) is 0 Å². The predicted octanol–water partition coefficient (Wildman–Crippen LogP) is 5.22. The number of hydrogen-bond donors (Lipinski definition) is 1. The second kappa shape index (κ2) is 4.82. The molecule has 0 aliphatic heterocycles. The first kappa shape index (κ1) is 15.0. The summed E-state index contributed by atoms with van der Waals surface area (Å²) >= 11 is 8.37. The third kappa shape index (κ3) is 2.03. The average molecular weight is 421 g/mol.